The van der Waals surface area contributed by atoms with Crippen LogP contribution < -0.4 is 5.32 Å². The number of hydrogen-bond donors (Lipinski definition) is 1. The van der Waals surface area contributed by atoms with Gasteiger partial charge in [-0.3, -0.25) is 4.68 Å². The molecule has 2 unspecified atom stereocenters. The summed E-state index contributed by atoms with van der Waals surface area (Å²) in [5.74, 6) is 0. The zero-order valence-corrected chi connectivity index (χ0v) is 14.2. The summed E-state index contributed by atoms with van der Waals surface area (Å²) >= 11 is 0. The number of aryl methyl sites for hydroxylation is 2. The molecule has 0 amide bonds. The van der Waals surface area contributed by atoms with Gasteiger partial charge in [0.15, 0.2) is 0 Å². The van der Waals surface area contributed by atoms with Crippen molar-refractivity contribution in [3.63, 3.8) is 0 Å². The zero-order chi connectivity index (χ0) is 14.4. The highest BCUT2D eigenvalue weighted by molar-refractivity contribution is 7.89. The van der Waals surface area contributed by atoms with Gasteiger partial charge in [0, 0.05) is 32.2 Å². The number of halogens is 1. The maximum atomic E-state index is 12.8. The Morgan fingerprint density at radius 3 is 2.10 bits per heavy atom. The normalized spacial score (nSPS) is 24.4. The molecule has 0 spiro atoms. The van der Waals surface area contributed by atoms with Crippen LogP contribution in [0.15, 0.2) is 4.90 Å². The van der Waals surface area contributed by atoms with Crippen molar-refractivity contribution in [2.45, 2.75) is 44.7 Å². The van der Waals surface area contributed by atoms with E-state index in [1.165, 1.54) is 0 Å². The van der Waals surface area contributed by atoms with Crippen LogP contribution in [-0.4, -0.2) is 47.7 Å². The van der Waals surface area contributed by atoms with E-state index in [0.717, 1.165) is 0 Å². The Labute approximate surface area is 127 Å². The SMILES string of the molecule is Cc1nn(C)c(C)c1S(=O)(=O)N1CC(C)NC(C)C1.Cl. The Balaban J connectivity index is 0.00000200. The summed E-state index contributed by atoms with van der Waals surface area (Å²) in [6.45, 7) is 8.54. The van der Waals surface area contributed by atoms with E-state index < -0.39 is 10.0 Å². The maximum absolute atomic E-state index is 12.8. The Kier molecular flexibility index (Phi) is 5.23. The van der Waals surface area contributed by atoms with E-state index in [1.807, 2.05) is 13.8 Å². The smallest absolute Gasteiger partial charge is 0.246 e. The molecule has 1 aromatic rings. The van der Waals surface area contributed by atoms with Gasteiger partial charge in [-0.05, 0) is 27.7 Å². The van der Waals surface area contributed by atoms with E-state index in [1.54, 1.807) is 29.9 Å². The van der Waals surface area contributed by atoms with Gasteiger partial charge < -0.3 is 5.32 Å². The fraction of sp³-hybridized carbons (Fsp3) is 0.750. The molecular weight excluding hydrogens is 300 g/mol. The molecule has 1 saturated heterocycles. The van der Waals surface area contributed by atoms with Crippen LogP contribution in [0.3, 0.4) is 0 Å². The van der Waals surface area contributed by atoms with Crippen molar-refractivity contribution >= 4 is 22.4 Å². The van der Waals surface area contributed by atoms with Crippen LogP contribution in [0.1, 0.15) is 25.2 Å². The average Bonchev–Trinajstić information content (AvgIpc) is 2.51. The monoisotopic (exact) mass is 322 g/mol. The molecule has 0 aromatic carbocycles. The summed E-state index contributed by atoms with van der Waals surface area (Å²) < 4.78 is 28.7. The third-order valence-electron chi connectivity index (χ3n) is 3.56. The van der Waals surface area contributed by atoms with Crippen molar-refractivity contribution < 1.29 is 8.42 Å². The highest BCUT2D eigenvalue weighted by Crippen LogP contribution is 2.24. The molecule has 6 nitrogen and oxygen atoms in total. The standard InChI is InChI=1S/C12H22N4O2S.ClH/c1-8-6-16(7-9(2)13-8)19(17,18)12-10(3)14-15(5)11(12)4;/h8-9,13H,6-7H2,1-5H3;1H. The lowest BCUT2D eigenvalue weighted by Gasteiger charge is -2.35. The average molecular weight is 323 g/mol. The second-order valence-electron chi connectivity index (χ2n) is 5.41. The summed E-state index contributed by atoms with van der Waals surface area (Å²) in [4.78, 5) is 0.358. The first-order valence-electron chi connectivity index (χ1n) is 6.50. The van der Waals surface area contributed by atoms with E-state index in [-0.39, 0.29) is 24.5 Å². The molecule has 116 valence electrons. The van der Waals surface area contributed by atoms with E-state index in [9.17, 15) is 8.42 Å². The quantitative estimate of drug-likeness (QED) is 0.876. The van der Waals surface area contributed by atoms with Crippen LogP contribution in [0.5, 0.6) is 0 Å². The molecule has 2 heterocycles. The van der Waals surface area contributed by atoms with Crippen LogP contribution in [0.4, 0.5) is 0 Å². The van der Waals surface area contributed by atoms with Crippen molar-refractivity contribution in [2.24, 2.45) is 7.05 Å². The van der Waals surface area contributed by atoms with Crippen LogP contribution >= 0.6 is 12.4 Å². The number of nitrogens with zero attached hydrogens (tertiary/aromatic N) is 3. The summed E-state index contributed by atoms with van der Waals surface area (Å²) in [6.07, 6.45) is 0. The van der Waals surface area contributed by atoms with E-state index in [4.69, 9.17) is 0 Å². The molecule has 20 heavy (non-hydrogen) atoms. The zero-order valence-electron chi connectivity index (χ0n) is 12.5. The summed E-state index contributed by atoms with van der Waals surface area (Å²) in [7, 11) is -1.69. The third kappa shape index (κ3) is 3.00. The molecule has 0 saturated carbocycles. The second kappa shape index (κ2) is 6.01. The van der Waals surface area contributed by atoms with Gasteiger partial charge in [0.2, 0.25) is 10.0 Å². The number of hydrogen-bond acceptors (Lipinski definition) is 4. The molecular formula is C12H23ClN4O2S. The minimum atomic E-state index is -3.46. The first-order valence-corrected chi connectivity index (χ1v) is 7.94. The molecule has 0 bridgehead atoms. The van der Waals surface area contributed by atoms with Gasteiger partial charge in [-0.2, -0.15) is 9.40 Å². The van der Waals surface area contributed by atoms with Gasteiger partial charge in [0.05, 0.1) is 11.4 Å². The second-order valence-corrected chi connectivity index (χ2v) is 7.29. The minimum Gasteiger partial charge on any atom is -0.309 e. The van der Waals surface area contributed by atoms with Crippen molar-refractivity contribution in [1.82, 2.24) is 19.4 Å². The largest absolute Gasteiger partial charge is 0.309 e. The van der Waals surface area contributed by atoms with Crippen LogP contribution in [0.25, 0.3) is 0 Å². The van der Waals surface area contributed by atoms with Crippen molar-refractivity contribution in [2.75, 3.05) is 13.1 Å². The Bertz CT molecular complexity index is 575. The van der Waals surface area contributed by atoms with Gasteiger partial charge in [-0.25, -0.2) is 8.42 Å². The first-order chi connectivity index (χ1) is 8.73. The van der Waals surface area contributed by atoms with Crippen molar-refractivity contribution in [3.8, 4) is 0 Å². The molecule has 2 rings (SSSR count). The number of rotatable bonds is 2. The van der Waals surface area contributed by atoms with Gasteiger partial charge >= 0.3 is 0 Å². The highest BCUT2D eigenvalue weighted by Gasteiger charge is 2.34. The molecule has 1 N–H and O–H groups in total. The van der Waals surface area contributed by atoms with Gasteiger partial charge in [-0.1, -0.05) is 0 Å². The molecule has 1 aliphatic heterocycles. The molecule has 1 fully saturated rings. The lowest BCUT2D eigenvalue weighted by Crippen LogP contribution is -2.55. The molecule has 1 aromatic heterocycles. The predicted molar refractivity (Wildman–Crippen MR) is 80.7 cm³/mol. The minimum absolute atomic E-state index is 0. The fourth-order valence-corrected chi connectivity index (χ4v) is 4.75. The van der Waals surface area contributed by atoms with Crippen LogP contribution in [0.2, 0.25) is 0 Å². The third-order valence-corrected chi connectivity index (χ3v) is 5.65. The molecule has 1 aliphatic rings. The van der Waals surface area contributed by atoms with E-state index in [2.05, 4.69) is 10.4 Å². The lowest BCUT2D eigenvalue weighted by atomic mass is 10.2. The number of sulfonamides is 1. The molecule has 8 heteroatoms. The number of aromatic nitrogens is 2. The lowest BCUT2D eigenvalue weighted by molar-refractivity contribution is 0.262. The van der Waals surface area contributed by atoms with Gasteiger partial charge in [0.25, 0.3) is 0 Å². The van der Waals surface area contributed by atoms with Crippen molar-refractivity contribution in [1.29, 1.82) is 0 Å². The van der Waals surface area contributed by atoms with Crippen molar-refractivity contribution in [3.05, 3.63) is 11.4 Å². The van der Waals surface area contributed by atoms with E-state index >= 15 is 0 Å². The molecule has 0 radical (unpaired) electrons. The van der Waals surface area contributed by atoms with Gasteiger partial charge in [0.1, 0.15) is 4.90 Å². The topological polar surface area (TPSA) is 67.2 Å². The van der Waals surface area contributed by atoms with E-state index in [0.29, 0.717) is 29.4 Å². The maximum Gasteiger partial charge on any atom is 0.246 e. The van der Waals surface area contributed by atoms with Gasteiger partial charge in [-0.15, -0.1) is 12.4 Å². The number of nitrogens with one attached hydrogen (secondary N) is 1. The number of piperazine rings is 1. The molecule has 2 atom stereocenters. The van der Waals surface area contributed by atoms with Crippen LogP contribution in [-0.2, 0) is 17.1 Å². The summed E-state index contributed by atoms with van der Waals surface area (Å²) in [5.41, 5.74) is 1.26. The summed E-state index contributed by atoms with van der Waals surface area (Å²) in [5, 5.41) is 7.55. The highest BCUT2D eigenvalue weighted by atomic mass is 35.5. The Morgan fingerprint density at radius 2 is 1.70 bits per heavy atom. The Morgan fingerprint density at radius 1 is 1.20 bits per heavy atom. The first kappa shape index (κ1) is 17.4. The fourth-order valence-electron chi connectivity index (χ4n) is 2.73. The molecule has 0 aliphatic carbocycles. The Hall–Kier alpha value is -0.630. The summed E-state index contributed by atoms with van der Waals surface area (Å²) in [6, 6.07) is 0.326. The predicted octanol–water partition coefficient (Wildman–Crippen LogP) is 0.830. The van der Waals surface area contributed by atoms with Crippen LogP contribution in [0, 0.1) is 13.8 Å².